The fraction of sp³-hybridized carbons (Fsp3) is 0.231. The predicted octanol–water partition coefficient (Wildman–Crippen LogP) is 2.36. The Labute approximate surface area is 108 Å². The molecule has 0 atom stereocenters. The van der Waals surface area contributed by atoms with Crippen molar-refractivity contribution in [3.05, 3.63) is 46.5 Å². The van der Waals surface area contributed by atoms with Crippen LogP contribution < -0.4 is 5.32 Å². The molecular weight excluding hydrogens is 256 g/mol. The first-order chi connectivity index (χ1) is 8.82. The van der Waals surface area contributed by atoms with E-state index >= 15 is 0 Å². The van der Waals surface area contributed by atoms with Crippen molar-refractivity contribution in [3.63, 3.8) is 0 Å². The molecule has 0 aliphatic carbocycles. The number of carbonyl (C=O) groups excluding carboxylic acids is 1. The third kappa shape index (κ3) is 3.87. The van der Waals surface area contributed by atoms with E-state index in [1.165, 1.54) is 0 Å². The number of hydrogen-bond donors (Lipinski definition) is 2. The largest absolute Gasteiger partial charge is 0.478 e. The minimum absolute atomic E-state index is 0.180. The van der Waals surface area contributed by atoms with E-state index in [0.29, 0.717) is 12.1 Å². The Morgan fingerprint density at radius 2 is 1.74 bits per heavy atom. The van der Waals surface area contributed by atoms with Gasteiger partial charge in [0.2, 0.25) is 0 Å². The quantitative estimate of drug-likeness (QED) is 0.824. The van der Waals surface area contributed by atoms with Crippen LogP contribution >= 0.6 is 0 Å². The lowest BCUT2D eigenvalue weighted by Crippen LogP contribution is -2.26. The fourth-order valence-corrected chi connectivity index (χ4v) is 1.35. The van der Waals surface area contributed by atoms with Gasteiger partial charge < -0.3 is 10.4 Å². The first-order valence-electron chi connectivity index (χ1n) is 5.46. The maximum atomic E-state index is 13.1. The number of carboxylic acids is 1. The van der Waals surface area contributed by atoms with Crippen LogP contribution in [-0.4, -0.2) is 23.5 Å². The minimum Gasteiger partial charge on any atom is -0.478 e. The maximum absolute atomic E-state index is 13.1. The maximum Gasteiger partial charge on any atom is 0.336 e. The molecule has 0 aromatic heterocycles. The molecule has 102 valence electrons. The number of carboxylic acid groups (broad SMARTS) is 1. The molecule has 0 unspecified atom stereocenters. The Bertz CT molecular complexity index is 549. The van der Waals surface area contributed by atoms with Crippen LogP contribution in [0.2, 0.25) is 0 Å². The zero-order valence-electron chi connectivity index (χ0n) is 10.5. The van der Waals surface area contributed by atoms with Crippen molar-refractivity contribution in [1.29, 1.82) is 0 Å². The zero-order chi connectivity index (χ0) is 14.6. The molecule has 1 aromatic rings. The Balaban J connectivity index is 3.04. The highest BCUT2D eigenvalue weighted by Crippen LogP contribution is 2.15. The fourth-order valence-electron chi connectivity index (χ4n) is 1.35. The van der Waals surface area contributed by atoms with Crippen molar-refractivity contribution < 1.29 is 23.5 Å². The van der Waals surface area contributed by atoms with Crippen molar-refractivity contribution in [2.24, 2.45) is 0 Å². The van der Waals surface area contributed by atoms with E-state index in [1.54, 1.807) is 6.08 Å². The van der Waals surface area contributed by atoms with E-state index in [9.17, 15) is 18.4 Å². The SMILES string of the molecule is CC(C)=CCNC(=O)c1cc(F)c(F)cc1C(=O)O. The second-order valence-corrected chi connectivity index (χ2v) is 4.11. The lowest BCUT2D eigenvalue weighted by atomic mass is 10.1. The molecule has 0 saturated carbocycles. The van der Waals surface area contributed by atoms with Crippen LogP contribution in [0.4, 0.5) is 8.78 Å². The van der Waals surface area contributed by atoms with Crippen LogP contribution in [0.1, 0.15) is 34.6 Å². The molecule has 19 heavy (non-hydrogen) atoms. The molecule has 0 aliphatic rings. The van der Waals surface area contributed by atoms with Gasteiger partial charge >= 0.3 is 5.97 Å². The molecule has 0 saturated heterocycles. The lowest BCUT2D eigenvalue weighted by Gasteiger charge is -2.07. The number of aromatic carboxylic acids is 1. The molecule has 0 aliphatic heterocycles. The van der Waals surface area contributed by atoms with Crippen molar-refractivity contribution in [1.82, 2.24) is 5.32 Å². The second kappa shape index (κ2) is 6.08. The van der Waals surface area contributed by atoms with Gasteiger partial charge in [-0.15, -0.1) is 0 Å². The van der Waals surface area contributed by atoms with E-state index in [2.05, 4.69) is 5.32 Å². The van der Waals surface area contributed by atoms with Crippen molar-refractivity contribution >= 4 is 11.9 Å². The summed E-state index contributed by atoms with van der Waals surface area (Å²) in [6.45, 7) is 3.83. The highest BCUT2D eigenvalue weighted by molar-refractivity contribution is 6.04. The van der Waals surface area contributed by atoms with Gasteiger partial charge in [0, 0.05) is 6.54 Å². The van der Waals surface area contributed by atoms with Crippen LogP contribution in [0.15, 0.2) is 23.8 Å². The summed E-state index contributed by atoms with van der Waals surface area (Å²) >= 11 is 0. The highest BCUT2D eigenvalue weighted by atomic mass is 19.2. The summed E-state index contributed by atoms with van der Waals surface area (Å²) in [7, 11) is 0. The summed E-state index contributed by atoms with van der Waals surface area (Å²) in [5.41, 5.74) is -0.0220. The normalized spacial score (nSPS) is 9.89. The monoisotopic (exact) mass is 269 g/mol. The summed E-state index contributed by atoms with van der Waals surface area (Å²) in [6.07, 6.45) is 1.71. The van der Waals surface area contributed by atoms with E-state index in [4.69, 9.17) is 5.11 Å². The summed E-state index contributed by atoms with van der Waals surface area (Å²) in [6, 6.07) is 1.07. The smallest absolute Gasteiger partial charge is 0.336 e. The number of nitrogens with one attached hydrogen (secondary N) is 1. The van der Waals surface area contributed by atoms with E-state index in [0.717, 1.165) is 5.57 Å². The Hall–Kier alpha value is -2.24. The molecule has 0 fully saturated rings. The van der Waals surface area contributed by atoms with Gasteiger partial charge in [0.25, 0.3) is 5.91 Å². The number of carbonyl (C=O) groups is 2. The molecule has 0 spiro atoms. The van der Waals surface area contributed by atoms with Gasteiger partial charge in [-0.3, -0.25) is 4.79 Å². The van der Waals surface area contributed by atoms with Crippen LogP contribution in [0.5, 0.6) is 0 Å². The van der Waals surface area contributed by atoms with Gasteiger partial charge in [-0.2, -0.15) is 0 Å². The van der Waals surface area contributed by atoms with Crippen LogP contribution in [0.3, 0.4) is 0 Å². The van der Waals surface area contributed by atoms with Crippen LogP contribution in [-0.2, 0) is 0 Å². The van der Waals surface area contributed by atoms with E-state index in [-0.39, 0.29) is 6.54 Å². The van der Waals surface area contributed by atoms with Crippen molar-refractivity contribution in [2.75, 3.05) is 6.54 Å². The van der Waals surface area contributed by atoms with Crippen molar-refractivity contribution in [3.8, 4) is 0 Å². The lowest BCUT2D eigenvalue weighted by molar-refractivity contribution is 0.0690. The first kappa shape index (κ1) is 14.8. The van der Waals surface area contributed by atoms with Gasteiger partial charge in [0.15, 0.2) is 11.6 Å². The molecule has 2 N–H and O–H groups in total. The minimum atomic E-state index is -1.49. The number of halogens is 2. The third-order valence-electron chi connectivity index (χ3n) is 2.31. The van der Waals surface area contributed by atoms with Crippen LogP contribution in [0.25, 0.3) is 0 Å². The van der Waals surface area contributed by atoms with Gasteiger partial charge in [0.05, 0.1) is 11.1 Å². The molecule has 1 amide bonds. The Morgan fingerprint density at radius 1 is 1.21 bits per heavy atom. The standard InChI is InChI=1S/C13H13F2NO3/c1-7(2)3-4-16-12(17)8-5-10(14)11(15)6-9(8)13(18)19/h3,5-6H,4H2,1-2H3,(H,16,17)(H,18,19). The second-order valence-electron chi connectivity index (χ2n) is 4.11. The summed E-state index contributed by atoms with van der Waals surface area (Å²) in [5, 5.41) is 11.3. The van der Waals surface area contributed by atoms with Gasteiger partial charge in [0.1, 0.15) is 0 Å². The summed E-state index contributed by atoms with van der Waals surface area (Å²) in [4.78, 5) is 22.6. The van der Waals surface area contributed by atoms with Crippen LogP contribution in [0, 0.1) is 11.6 Å². The topological polar surface area (TPSA) is 66.4 Å². The summed E-state index contributed by atoms with van der Waals surface area (Å²) < 4.78 is 26.0. The molecule has 0 bridgehead atoms. The predicted molar refractivity (Wildman–Crippen MR) is 65.1 cm³/mol. The highest BCUT2D eigenvalue weighted by Gasteiger charge is 2.19. The zero-order valence-corrected chi connectivity index (χ0v) is 10.5. The van der Waals surface area contributed by atoms with E-state index in [1.807, 2.05) is 13.8 Å². The van der Waals surface area contributed by atoms with Crippen molar-refractivity contribution in [2.45, 2.75) is 13.8 Å². The third-order valence-corrected chi connectivity index (χ3v) is 2.31. The average Bonchev–Trinajstić information content (AvgIpc) is 2.31. The number of allylic oxidation sites excluding steroid dienone is 1. The van der Waals surface area contributed by atoms with Gasteiger partial charge in [-0.25, -0.2) is 13.6 Å². The van der Waals surface area contributed by atoms with E-state index < -0.39 is 34.6 Å². The molecule has 6 heteroatoms. The molecule has 4 nitrogen and oxygen atoms in total. The molecule has 0 heterocycles. The number of amides is 1. The molecular formula is C13H13F2NO3. The number of hydrogen-bond acceptors (Lipinski definition) is 2. The average molecular weight is 269 g/mol. The Kier molecular flexibility index (Phi) is 4.74. The number of rotatable bonds is 4. The Morgan fingerprint density at radius 3 is 2.21 bits per heavy atom. The van der Waals surface area contributed by atoms with Gasteiger partial charge in [-0.05, 0) is 26.0 Å². The molecule has 1 rings (SSSR count). The first-order valence-corrected chi connectivity index (χ1v) is 5.46. The molecule has 0 radical (unpaired) electrons. The molecule has 1 aromatic carbocycles. The van der Waals surface area contributed by atoms with Gasteiger partial charge in [-0.1, -0.05) is 11.6 Å². The summed E-state index contributed by atoms with van der Waals surface area (Å²) in [5.74, 6) is -4.84. The number of benzene rings is 1.